The van der Waals surface area contributed by atoms with Crippen LogP contribution in [-0.4, -0.2) is 101 Å². The minimum Gasteiger partial charge on any atom is -0.669 e. The zero-order valence-electron chi connectivity index (χ0n) is 19.4. The van der Waals surface area contributed by atoms with Crippen molar-refractivity contribution in [2.75, 3.05) is 40.3 Å². The molecular formula is C21H30BN4O8-. The molecule has 3 aliphatic rings. The molecule has 186 valence electrons. The van der Waals surface area contributed by atoms with Gasteiger partial charge in [0, 0.05) is 33.7 Å². The third kappa shape index (κ3) is 4.56. The van der Waals surface area contributed by atoms with E-state index in [4.69, 9.17) is 15.1 Å². The first-order valence-corrected chi connectivity index (χ1v) is 11.1. The quantitative estimate of drug-likeness (QED) is 0.279. The normalized spacial score (nSPS) is 24.4. The van der Waals surface area contributed by atoms with Crippen LogP contribution in [0.1, 0.15) is 35.2 Å². The predicted octanol–water partition coefficient (Wildman–Crippen LogP) is -1.46. The van der Waals surface area contributed by atoms with Gasteiger partial charge in [-0.15, -0.1) is 0 Å². The number of fused-ring (bicyclic) bond motifs is 3. The Morgan fingerprint density at radius 2 is 2.00 bits per heavy atom. The van der Waals surface area contributed by atoms with Gasteiger partial charge >= 0.3 is 12.7 Å². The zero-order valence-corrected chi connectivity index (χ0v) is 19.4. The van der Waals surface area contributed by atoms with Gasteiger partial charge in [0.25, 0.3) is 0 Å². The first kappa shape index (κ1) is 24.3. The maximum absolute atomic E-state index is 12.4. The Balaban J connectivity index is 1.36. The number of nitrogens with one attached hydrogen (secondary N) is 1. The lowest BCUT2D eigenvalue weighted by Gasteiger charge is -2.43. The number of ether oxygens (including phenoxy) is 1. The van der Waals surface area contributed by atoms with Crippen molar-refractivity contribution >= 4 is 24.5 Å². The standard InChI is InChI=1S/C21H30BN4O8/c1-21(23,20(30)24-7-16(27)25(2)3)10-26-8-11(9-26)33-15-5-4-12-13-6-14(13)22(31,32)34-18(12)17(15)19(28)29/h4-5,11,13-14,31-32H,6-10,23H2,1-3H3,(H,24,30)(H,28,29)/q-1/t13?,14-,21?/m1/s1. The SMILES string of the molecule is CN(C)C(=O)CNC(=O)C(C)(N)CN1CC(Oc2ccc3c(c2C(=O)O)O[B-](O)(O)[C@@H]2CC32)C1. The van der Waals surface area contributed by atoms with E-state index < -0.39 is 30.0 Å². The zero-order chi connectivity index (χ0) is 25.0. The fraction of sp³-hybridized carbons (Fsp3) is 0.571. The summed E-state index contributed by atoms with van der Waals surface area (Å²) < 4.78 is 11.2. The molecule has 34 heavy (non-hydrogen) atoms. The molecule has 2 amide bonds. The topological polar surface area (TPSA) is 175 Å². The number of rotatable bonds is 8. The molecule has 2 unspecified atom stereocenters. The van der Waals surface area contributed by atoms with E-state index in [1.165, 1.54) is 4.90 Å². The van der Waals surface area contributed by atoms with Crippen molar-refractivity contribution in [3.8, 4) is 11.5 Å². The highest BCUT2D eigenvalue weighted by Gasteiger charge is 2.55. The van der Waals surface area contributed by atoms with E-state index in [0.29, 0.717) is 25.1 Å². The summed E-state index contributed by atoms with van der Waals surface area (Å²) in [6.45, 7) is -0.647. The highest BCUT2D eigenvalue weighted by molar-refractivity contribution is 6.62. The van der Waals surface area contributed by atoms with Crippen molar-refractivity contribution in [1.29, 1.82) is 0 Å². The molecule has 0 spiro atoms. The Labute approximate surface area is 196 Å². The number of nitrogens with two attached hydrogens (primary N) is 1. The lowest BCUT2D eigenvalue weighted by molar-refractivity contribution is -0.133. The van der Waals surface area contributed by atoms with Crippen LogP contribution < -0.4 is 20.4 Å². The highest BCUT2D eigenvalue weighted by Crippen LogP contribution is 2.63. The van der Waals surface area contributed by atoms with Gasteiger partial charge in [-0.2, -0.15) is 0 Å². The van der Waals surface area contributed by atoms with Crippen molar-refractivity contribution in [3.63, 3.8) is 0 Å². The lowest BCUT2D eigenvalue weighted by Crippen LogP contribution is -2.64. The number of carboxylic acid groups (broad SMARTS) is 1. The number of benzene rings is 1. The van der Waals surface area contributed by atoms with Gasteiger partial charge in [0.15, 0.2) is 0 Å². The minimum absolute atomic E-state index is 0.0524. The monoisotopic (exact) mass is 477 g/mol. The van der Waals surface area contributed by atoms with Crippen molar-refractivity contribution in [1.82, 2.24) is 15.1 Å². The van der Waals surface area contributed by atoms with Crippen molar-refractivity contribution in [2.45, 2.75) is 36.7 Å². The number of nitrogens with zero attached hydrogens (tertiary/aromatic N) is 2. The molecule has 1 aromatic carbocycles. The molecule has 2 heterocycles. The van der Waals surface area contributed by atoms with Gasteiger partial charge in [-0.25, -0.2) is 4.79 Å². The number of carboxylic acids is 1. The number of aromatic carboxylic acids is 1. The second kappa shape index (κ2) is 8.41. The van der Waals surface area contributed by atoms with E-state index in [0.717, 1.165) is 0 Å². The number of likely N-dealkylation sites (N-methyl/N-ethyl adjacent to an activating group) is 1. The molecule has 1 saturated heterocycles. The second-order valence-corrected chi connectivity index (χ2v) is 9.87. The predicted molar refractivity (Wildman–Crippen MR) is 120 cm³/mol. The number of hydrogen-bond donors (Lipinski definition) is 5. The Hall–Kier alpha value is -2.87. The Morgan fingerprint density at radius 3 is 2.62 bits per heavy atom. The van der Waals surface area contributed by atoms with Crippen LogP contribution in [0.25, 0.3) is 0 Å². The van der Waals surface area contributed by atoms with Crippen LogP contribution in [0, 0.1) is 0 Å². The molecule has 0 radical (unpaired) electrons. The Bertz CT molecular complexity index is 1020. The molecule has 13 heteroatoms. The first-order valence-electron chi connectivity index (χ1n) is 11.1. The van der Waals surface area contributed by atoms with Crippen LogP contribution in [0.2, 0.25) is 5.82 Å². The molecule has 4 rings (SSSR count). The fourth-order valence-corrected chi connectivity index (χ4v) is 4.57. The molecule has 1 saturated carbocycles. The summed E-state index contributed by atoms with van der Waals surface area (Å²) in [6, 6.07) is 3.28. The van der Waals surface area contributed by atoms with E-state index >= 15 is 0 Å². The van der Waals surface area contributed by atoms with E-state index in [-0.39, 0.29) is 48.1 Å². The minimum atomic E-state index is -3.11. The van der Waals surface area contributed by atoms with Crippen LogP contribution in [0.4, 0.5) is 0 Å². The number of carbonyl (C=O) groups excluding carboxylic acids is 2. The molecular weight excluding hydrogens is 447 g/mol. The van der Waals surface area contributed by atoms with Gasteiger partial charge in [-0.3, -0.25) is 14.5 Å². The fourth-order valence-electron chi connectivity index (χ4n) is 4.57. The van der Waals surface area contributed by atoms with E-state index in [1.807, 2.05) is 4.90 Å². The van der Waals surface area contributed by atoms with Crippen LogP contribution in [0.15, 0.2) is 12.1 Å². The average Bonchev–Trinajstić information content (AvgIpc) is 3.51. The Kier molecular flexibility index (Phi) is 6.01. The summed E-state index contributed by atoms with van der Waals surface area (Å²) in [5.74, 6) is -2.50. The van der Waals surface area contributed by atoms with E-state index in [2.05, 4.69) is 5.32 Å². The summed E-state index contributed by atoms with van der Waals surface area (Å²) in [4.78, 5) is 39.3. The maximum atomic E-state index is 12.4. The molecule has 1 aromatic rings. The van der Waals surface area contributed by atoms with Gasteiger partial charge in [-0.1, -0.05) is 18.3 Å². The molecule has 3 atom stereocenters. The van der Waals surface area contributed by atoms with Crippen molar-refractivity contribution in [3.05, 3.63) is 23.3 Å². The maximum Gasteiger partial charge on any atom is 0.434 e. The number of carbonyl (C=O) groups is 3. The smallest absolute Gasteiger partial charge is 0.434 e. The molecule has 2 aliphatic heterocycles. The summed E-state index contributed by atoms with van der Waals surface area (Å²) in [7, 11) is 3.18. The summed E-state index contributed by atoms with van der Waals surface area (Å²) in [5, 5.41) is 32.6. The molecule has 6 N–H and O–H groups in total. The van der Waals surface area contributed by atoms with Gasteiger partial charge in [-0.05, 0) is 24.5 Å². The van der Waals surface area contributed by atoms with Crippen LogP contribution >= 0.6 is 0 Å². The number of hydrogen-bond acceptors (Lipinski definition) is 9. The van der Waals surface area contributed by atoms with Crippen LogP contribution in [0.3, 0.4) is 0 Å². The second-order valence-electron chi connectivity index (χ2n) is 9.87. The van der Waals surface area contributed by atoms with Crippen molar-refractivity contribution in [2.24, 2.45) is 5.73 Å². The third-order valence-corrected chi connectivity index (χ3v) is 6.64. The summed E-state index contributed by atoms with van der Waals surface area (Å²) in [6.07, 6.45) is 0.187. The van der Waals surface area contributed by atoms with Crippen LogP contribution in [-0.2, 0) is 9.59 Å². The number of likely N-dealkylation sites (tertiary alicyclic amines) is 1. The largest absolute Gasteiger partial charge is 0.669 e. The van der Waals surface area contributed by atoms with Gasteiger partial charge < -0.3 is 40.5 Å². The van der Waals surface area contributed by atoms with Crippen LogP contribution in [0.5, 0.6) is 11.5 Å². The molecule has 1 aliphatic carbocycles. The van der Waals surface area contributed by atoms with E-state index in [1.54, 1.807) is 33.2 Å². The van der Waals surface area contributed by atoms with Gasteiger partial charge in [0.2, 0.25) is 11.8 Å². The summed E-state index contributed by atoms with van der Waals surface area (Å²) >= 11 is 0. The van der Waals surface area contributed by atoms with Gasteiger partial charge in [0.05, 0.1) is 12.3 Å². The molecule has 0 bridgehead atoms. The van der Waals surface area contributed by atoms with Crippen molar-refractivity contribution < 1.29 is 38.9 Å². The average molecular weight is 477 g/mol. The summed E-state index contributed by atoms with van der Waals surface area (Å²) in [5.41, 5.74) is 5.33. The highest BCUT2D eigenvalue weighted by atomic mass is 16.6. The lowest BCUT2D eigenvalue weighted by atomic mass is 9.68. The Morgan fingerprint density at radius 1 is 1.32 bits per heavy atom. The van der Waals surface area contributed by atoms with Gasteiger partial charge in [0.1, 0.15) is 23.0 Å². The molecule has 2 fully saturated rings. The molecule has 12 nitrogen and oxygen atoms in total. The van der Waals surface area contributed by atoms with E-state index in [9.17, 15) is 29.5 Å². The molecule has 0 aromatic heterocycles. The third-order valence-electron chi connectivity index (χ3n) is 6.64. The number of amides is 2. The first-order chi connectivity index (χ1) is 15.8.